The predicted octanol–water partition coefficient (Wildman–Crippen LogP) is 1.88. The third kappa shape index (κ3) is 4.09. The molecule has 1 aromatic rings. The van der Waals surface area contributed by atoms with E-state index in [0.717, 1.165) is 4.90 Å². The smallest absolute Gasteiger partial charge is 0.326 e. The molecular formula is C14H17NO4S. The molecule has 1 aromatic carbocycles. The SMILES string of the molecule is CSCC[C@@H](C(=O)O)N(C(C)=O)C(=O)c1ccccc1. The molecule has 1 atom stereocenters. The first-order valence-corrected chi connectivity index (χ1v) is 7.49. The van der Waals surface area contributed by atoms with Crippen LogP contribution in [0.4, 0.5) is 0 Å². The molecule has 0 spiro atoms. The molecule has 2 amide bonds. The highest BCUT2D eigenvalue weighted by Crippen LogP contribution is 2.14. The van der Waals surface area contributed by atoms with Gasteiger partial charge in [-0.1, -0.05) is 18.2 Å². The molecule has 1 N–H and O–H groups in total. The van der Waals surface area contributed by atoms with Crippen LogP contribution in [-0.2, 0) is 9.59 Å². The number of carboxylic acid groups (broad SMARTS) is 1. The maximum atomic E-state index is 12.3. The summed E-state index contributed by atoms with van der Waals surface area (Å²) in [5.74, 6) is -1.75. The normalized spacial score (nSPS) is 11.7. The molecule has 0 aliphatic carbocycles. The van der Waals surface area contributed by atoms with Gasteiger partial charge in [0.25, 0.3) is 5.91 Å². The molecule has 108 valence electrons. The number of benzene rings is 1. The van der Waals surface area contributed by atoms with Crippen molar-refractivity contribution in [3.05, 3.63) is 35.9 Å². The third-order valence-corrected chi connectivity index (χ3v) is 3.41. The van der Waals surface area contributed by atoms with Crippen molar-refractivity contribution in [3.8, 4) is 0 Å². The molecule has 0 aliphatic heterocycles. The van der Waals surface area contributed by atoms with E-state index in [1.807, 2.05) is 6.26 Å². The van der Waals surface area contributed by atoms with Gasteiger partial charge >= 0.3 is 5.97 Å². The highest BCUT2D eigenvalue weighted by Gasteiger charge is 2.32. The zero-order valence-corrected chi connectivity index (χ0v) is 12.2. The Morgan fingerprint density at radius 2 is 1.85 bits per heavy atom. The minimum atomic E-state index is -1.17. The number of aliphatic carboxylic acids is 1. The second-order valence-corrected chi connectivity index (χ2v) is 5.18. The van der Waals surface area contributed by atoms with Crippen molar-refractivity contribution in [3.63, 3.8) is 0 Å². The Morgan fingerprint density at radius 3 is 2.30 bits per heavy atom. The second kappa shape index (κ2) is 7.69. The van der Waals surface area contributed by atoms with E-state index < -0.39 is 23.8 Å². The zero-order valence-electron chi connectivity index (χ0n) is 11.4. The molecular weight excluding hydrogens is 278 g/mol. The minimum absolute atomic E-state index is 0.231. The Morgan fingerprint density at radius 1 is 1.25 bits per heavy atom. The summed E-state index contributed by atoms with van der Waals surface area (Å²) in [5, 5.41) is 9.26. The lowest BCUT2D eigenvalue weighted by Gasteiger charge is -2.26. The fourth-order valence-electron chi connectivity index (χ4n) is 1.82. The fourth-order valence-corrected chi connectivity index (χ4v) is 2.28. The summed E-state index contributed by atoms with van der Waals surface area (Å²) in [4.78, 5) is 36.2. The lowest BCUT2D eigenvalue weighted by Crippen LogP contribution is -2.48. The molecule has 0 saturated carbocycles. The molecule has 0 bridgehead atoms. The zero-order chi connectivity index (χ0) is 15.1. The first-order chi connectivity index (χ1) is 9.49. The van der Waals surface area contributed by atoms with Gasteiger partial charge < -0.3 is 5.11 Å². The van der Waals surface area contributed by atoms with E-state index in [-0.39, 0.29) is 6.42 Å². The van der Waals surface area contributed by atoms with Crippen LogP contribution in [0.1, 0.15) is 23.7 Å². The van der Waals surface area contributed by atoms with Crippen LogP contribution in [0.5, 0.6) is 0 Å². The third-order valence-electron chi connectivity index (χ3n) is 2.77. The van der Waals surface area contributed by atoms with Gasteiger partial charge in [-0.3, -0.25) is 14.5 Å². The Kier molecular flexibility index (Phi) is 6.24. The maximum absolute atomic E-state index is 12.3. The van der Waals surface area contributed by atoms with Gasteiger partial charge in [0.15, 0.2) is 0 Å². The standard InChI is InChI=1S/C14H17NO4S/c1-10(16)15(12(14(18)19)8-9-20-2)13(17)11-6-4-3-5-7-11/h3-7,12H,8-9H2,1-2H3,(H,18,19)/t12-/m0/s1. The fraction of sp³-hybridized carbons (Fsp3) is 0.357. The van der Waals surface area contributed by atoms with E-state index in [1.54, 1.807) is 30.3 Å². The summed E-state index contributed by atoms with van der Waals surface area (Å²) in [5.41, 5.74) is 0.304. The maximum Gasteiger partial charge on any atom is 0.326 e. The van der Waals surface area contributed by atoms with Crippen LogP contribution in [0.15, 0.2) is 30.3 Å². The van der Waals surface area contributed by atoms with Crippen molar-refractivity contribution in [1.29, 1.82) is 0 Å². The van der Waals surface area contributed by atoms with Crippen molar-refractivity contribution in [2.75, 3.05) is 12.0 Å². The van der Waals surface area contributed by atoms with Gasteiger partial charge in [-0.2, -0.15) is 11.8 Å². The van der Waals surface area contributed by atoms with E-state index in [1.165, 1.54) is 18.7 Å². The van der Waals surface area contributed by atoms with Gasteiger partial charge in [-0.25, -0.2) is 4.79 Å². The molecule has 6 heteroatoms. The molecule has 0 heterocycles. The number of carbonyl (C=O) groups excluding carboxylic acids is 2. The quantitative estimate of drug-likeness (QED) is 0.867. The first kappa shape index (κ1) is 16.2. The van der Waals surface area contributed by atoms with Gasteiger partial charge in [-0.05, 0) is 30.6 Å². The number of carboxylic acids is 1. The highest BCUT2D eigenvalue weighted by molar-refractivity contribution is 7.98. The number of imide groups is 1. The van der Waals surface area contributed by atoms with Gasteiger partial charge in [0.05, 0.1) is 0 Å². The van der Waals surface area contributed by atoms with E-state index >= 15 is 0 Å². The predicted molar refractivity (Wildman–Crippen MR) is 77.7 cm³/mol. The van der Waals surface area contributed by atoms with Crippen LogP contribution < -0.4 is 0 Å². The summed E-state index contributed by atoms with van der Waals surface area (Å²) in [7, 11) is 0. The Labute approximate surface area is 122 Å². The number of hydrogen-bond donors (Lipinski definition) is 1. The molecule has 0 fully saturated rings. The number of rotatable bonds is 6. The van der Waals surface area contributed by atoms with Crippen LogP contribution in [0.2, 0.25) is 0 Å². The molecule has 0 saturated heterocycles. The second-order valence-electron chi connectivity index (χ2n) is 4.20. The summed E-state index contributed by atoms with van der Waals surface area (Å²) in [6, 6.07) is 7.08. The van der Waals surface area contributed by atoms with Crippen molar-refractivity contribution in [1.82, 2.24) is 4.90 Å². The minimum Gasteiger partial charge on any atom is -0.480 e. The number of carbonyl (C=O) groups is 3. The summed E-state index contributed by atoms with van der Waals surface area (Å²) >= 11 is 1.47. The average molecular weight is 295 g/mol. The molecule has 20 heavy (non-hydrogen) atoms. The number of nitrogens with zero attached hydrogens (tertiary/aromatic N) is 1. The number of hydrogen-bond acceptors (Lipinski definition) is 4. The molecule has 1 rings (SSSR count). The van der Waals surface area contributed by atoms with Crippen LogP contribution in [0, 0.1) is 0 Å². The molecule has 0 aromatic heterocycles. The van der Waals surface area contributed by atoms with E-state index in [9.17, 15) is 19.5 Å². The molecule has 0 radical (unpaired) electrons. The van der Waals surface area contributed by atoms with Crippen molar-refractivity contribution in [2.45, 2.75) is 19.4 Å². The molecule has 0 unspecified atom stereocenters. The van der Waals surface area contributed by atoms with Crippen molar-refractivity contribution < 1.29 is 19.5 Å². The average Bonchev–Trinajstić information content (AvgIpc) is 2.43. The van der Waals surface area contributed by atoms with E-state index in [2.05, 4.69) is 0 Å². The van der Waals surface area contributed by atoms with Crippen LogP contribution in [-0.4, -0.2) is 45.8 Å². The van der Waals surface area contributed by atoms with Crippen LogP contribution in [0.3, 0.4) is 0 Å². The van der Waals surface area contributed by atoms with Crippen molar-refractivity contribution >= 4 is 29.5 Å². The largest absolute Gasteiger partial charge is 0.480 e. The molecule has 0 aliphatic rings. The van der Waals surface area contributed by atoms with Crippen LogP contribution in [0.25, 0.3) is 0 Å². The summed E-state index contributed by atoms with van der Waals surface area (Å²) in [6.45, 7) is 1.20. The Bertz CT molecular complexity index is 489. The van der Waals surface area contributed by atoms with Crippen LogP contribution >= 0.6 is 11.8 Å². The summed E-state index contributed by atoms with van der Waals surface area (Å²) in [6.07, 6.45) is 2.07. The lowest BCUT2D eigenvalue weighted by atomic mass is 10.1. The first-order valence-electron chi connectivity index (χ1n) is 6.10. The van der Waals surface area contributed by atoms with E-state index in [0.29, 0.717) is 11.3 Å². The number of amides is 2. The topological polar surface area (TPSA) is 74.7 Å². The Hall–Kier alpha value is -1.82. The van der Waals surface area contributed by atoms with E-state index in [4.69, 9.17) is 0 Å². The Balaban J connectivity index is 3.05. The van der Waals surface area contributed by atoms with Gasteiger partial charge in [0.1, 0.15) is 6.04 Å². The number of thioether (sulfide) groups is 1. The lowest BCUT2D eigenvalue weighted by molar-refractivity contribution is -0.147. The monoisotopic (exact) mass is 295 g/mol. The molecule has 5 nitrogen and oxygen atoms in total. The van der Waals surface area contributed by atoms with Gasteiger partial charge in [-0.15, -0.1) is 0 Å². The summed E-state index contributed by atoms with van der Waals surface area (Å²) < 4.78 is 0. The van der Waals surface area contributed by atoms with Crippen molar-refractivity contribution in [2.24, 2.45) is 0 Å². The van der Waals surface area contributed by atoms with Gasteiger partial charge in [0.2, 0.25) is 5.91 Å². The van der Waals surface area contributed by atoms with Gasteiger partial charge in [0, 0.05) is 12.5 Å². The highest BCUT2D eigenvalue weighted by atomic mass is 32.2.